The first-order chi connectivity index (χ1) is 34.8. The zero-order valence-electron chi connectivity index (χ0n) is 38.2. The number of para-hydroxylation sites is 6. The molecule has 328 valence electrons. The Labute approximate surface area is 407 Å². The predicted molar refractivity (Wildman–Crippen MR) is 290 cm³/mol. The van der Waals surface area contributed by atoms with Gasteiger partial charge in [-0.2, -0.15) is 0 Å². The second kappa shape index (κ2) is 16.0. The van der Waals surface area contributed by atoms with Gasteiger partial charge in [-0.1, -0.05) is 206 Å². The third-order valence-electron chi connectivity index (χ3n) is 14.7. The van der Waals surface area contributed by atoms with Crippen LogP contribution >= 0.6 is 0 Å². The number of rotatable bonds is 7. The summed E-state index contributed by atoms with van der Waals surface area (Å²) in [5.41, 5.74) is 22.2. The van der Waals surface area contributed by atoms with Crippen molar-refractivity contribution in [3.8, 4) is 44.5 Å². The van der Waals surface area contributed by atoms with E-state index in [-0.39, 0.29) is 0 Å². The highest BCUT2D eigenvalue weighted by Crippen LogP contribution is 2.64. The van der Waals surface area contributed by atoms with Crippen LogP contribution in [-0.4, -0.2) is 0 Å². The van der Waals surface area contributed by atoms with Gasteiger partial charge in [-0.15, -0.1) is 0 Å². The minimum absolute atomic E-state index is 0.621. The molecule has 0 fully saturated rings. The number of hydrogen-bond acceptors (Lipinski definition) is 3. The Kier molecular flexibility index (Phi) is 9.11. The molecule has 0 radical (unpaired) electrons. The quantitative estimate of drug-likeness (QED) is 0.159. The second-order valence-corrected chi connectivity index (χ2v) is 18.3. The summed E-state index contributed by atoms with van der Waals surface area (Å²) in [6.45, 7) is 0. The molecule has 0 unspecified atom stereocenters. The van der Waals surface area contributed by atoms with Gasteiger partial charge in [0, 0.05) is 39.0 Å². The number of furan rings is 1. The molecule has 0 atom stereocenters. The molecule has 70 heavy (non-hydrogen) atoms. The Balaban J connectivity index is 1.04. The van der Waals surface area contributed by atoms with Crippen molar-refractivity contribution in [1.82, 2.24) is 0 Å². The van der Waals surface area contributed by atoms with Gasteiger partial charge in [0.05, 0.1) is 22.5 Å². The van der Waals surface area contributed by atoms with E-state index in [0.29, 0.717) is 0 Å². The summed E-state index contributed by atoms with van der Waals surface area (Å²) in [6, 6.07) is 97.4. The molecule has 0 saturated heterocycles. The zero-order chi connectivity index (χ0) is 46.2. The summed E-state index contributed by atoms with van der Waals surface area (Å²) < 4.78 is 6.66. The Morgan fingerprint density at radius 3 is 1.66 bits per heavy atom. The maximum Gasteiger partial charge on any atom is 0.143 e. The van der Waals surface area contributed by atoms with Crippen LogP contribution in [0.4, 0.5) is 34.1 Å². The fourth-order valence-corrected chi connectivity index (χ4v) is 11.8. The molecule has 1 aromatic heterocycles. The second-order valence-electron chi connectivity index (χ2n) is 18.3. The first kappa shape index (κ1) is 39.9. The van der Waals surface area contributed by atoms with Crippen LogP contribution in [0.1, 0.15) is 22.3 Å². The van der Waals surface area contributed by atoms with Crippen molar-refractivity contribution in [3.05, 3.63) is 289 Å². The molecule has 1 spiro atoms. The SMILES string of the molecule is c1ccc(-c2ccccc2-c2ccccc2N(c2cccc(-c3cccc4c3oc3ccccc34)c2)c2ccc3c(c2)C2(c4ccccc4-3)c3ccccc3N(c3ccccc3)c3ccccc32)cc1. The average molecular weight is 893 g/mol. The van der Waals surface area contributed by atoms with E-state index in [2.05, 4.69) is 271 Å². The van der Waals surface area contributed by atoms with Gasteiger partial charge in [0.2, 0.25) is 0 Å². The third kappa shape index (κ3) is 5.95. The third-order valence-corrected chi connectivity index (χ3v) is 14.7. The molecule has 1 aliphatic heterocycles. The monoisotopic (exact) mass is 892 g/mol. The van der Waals surface area contributed by atoms with Crippen LogP contribution in [0, 0.1) is 0 Å². The van der Waals surface area contributed by atoms with Gasteiger partial charge >= 0.3 is 0 Å². The van der Waals surface area contributed by atoms with Gasteiger partial charge < -0.3 is 14.2 Å². The molecule has 0 saturated carbocycles. The number of anilines is 6. The zero-order valence-corrected chi connectivity index (χ0v) is 38.2. The lowest BCUT2D eigenvalue weighted by Gasteiger charge is -2.45. The maximum atomic E-state index is 6.66. The molecule has 12 aromatic rings. The molecule has 3 heteroatoms. The van der Waals surface area contributed by atoms with Gasteiger partial charge in [0.25, 0.3) is 0 Å². The van der Waals surface area contributed by atoms with Gasteiger partial charge in [-0.05, 0) is 116 Å². The van der Waals surface area contributed by atoms with Gasteiger partial charge in [0.1, 0.15) is 11.2 Å². The summed E-state index contributed by atoms with van der Waals surface area (Å²) in [7, 11) is 0. The lowest BCUT2D eigenvalue weighted by atomic mass is 9.64. The van der Waals surface area contributed by atoms with Crippen molar-refractivity contribution >= 4 is 56.1 Å². The Bertz CT molecular complexity index is 3930. The molecule has 3 nitrogen and oxygen atoms in total. The van der Waals surface area contributed by atoms with Crippen molar-refractivity contribution in [2.45, 2.75) is 5.41 Å². The lowest BCUT2D eigenvalue weighted by molar-refractivity contribution is 0.670. The minimum Gasteiger partial charge on any atom is -0.455 e. The Morgan fingerprint density at radius 2 is 0.871 bits per heavy atom. The van der Waals surface area contributed by atoms with Crippen molar-refractivity contribution in [1.29, 1.82) is 0 Å². The number of nitrogens with zero attached hydrogens (tertiary/aromatic N) is 2. The first-order valence-electron chi connectivity index (χ1n) is 24.1. The topological polar surface area (TPSA) is 19.6 Å². The van der Waals surface area contributed by atoms with Crippen LogP contribution in [-0.2, 0) is 5.41 Å². The van der Waals surface area contributed by atoms with Crippen LogP contribution in [0.3, 0.4) is 0 Å². The largest absolute Gasteiger partial charge is 0.455 e. The molecule has 14 rings (SSSR count). The predicted octanol–water partition coefficient (Wildman–Crippen LogP) is 18.2. The number of fused-ring (bicyclic) bond motifs is 12. The van der Waals surface area contributed by atoms with E-state index in [1.165, 1.54) is 61.4 Å². The maximum absolute atomic E-state index is 6.66. The van der Waals surface area contributed by atoms with Crippen molar-refractivity contribution in [2.24, 2.45) is 0 Å². The van der Waals surface area contributed by atoms with E-state index in [4.69, 9.17) is 4.42 Å². The van der Waals surface area contributed by atoms with Gasteiger partial charge in [0.15, 0.2) is 0 Å². The highest BCUT2D eigenvalue weighted by molar-refractivity contribution is 6.10. The van der Waals surface area contributed by atoms with E-state index in [1.807, 2.05) is 6.07 Å². The summed E-state index contributed by atoms with van der Waals surface area (Å²) in [5.74, 6) is 0. The van der Waals surface area contributed by atoms with Gasteiger partial charge in [-0.3, -0.25) is 0 Å². The minimum atomic E-state index is -0.621. The summed E-state index contributed by atoms with van der Waals surface area (Å²) in [6.07, 6.45) is 0. The van der Waals surface area contributed by atoms with Crippen LogP contribution in [0.2, 0.25) is 0 Å². The molecule has 0 N–H and O–H groups in total. The summed E-state index contributed by atoms with van der Waals surface area (Å²) >= 11 is 0. The van der Waals surface area contributed by atoms with E-state index in [9.17, 15) is 0 Å². The van der Waals surface area contributed by atoms with Crippen LogP contribution in [0.5, 0.6) is 0 Å². The molecule has 1 aliphatic carbocycles. The normalized spacial score (nSPS) is 12.9. The lowest BCUT2D eigenvalue weighted by Crippen LogP contribution is -2.36. The molecule has 11 aromatic carbocycles. The van der Waals surface area contributed by atoms with Crippen molar-refractivity contribution in [2.75, 3.05) is 9.80 Å². The van der Waals surface area contributed by atoms with Gasteiger partial charge in [-0.25, -0.2) is 0 Å². The van der Waals surface area contributed by atoms with E-state index < -0.39 is 5.41 Å². The molecule has 2 heterocycles. The molecule has 2 aliphatic rings. The fourth-order valence-electron chi connectivity index (χ4n) is 11.8. The first-order valence-corrected chi connectivity index (χ1v) is 24.1. The van der Waals surface area contributed by atoms with Crippen LogP contribution in [0.25, 0.3) is 66.4 Å². The van der Waals surface area contributed by atoms with E-state index >= 15 is 0 Å². The summed E-state index contributed by atoms with van der Waals surface area (Å²) in [5, 5.41) is 2.23. The Hall–Kier alpha value is -9.18. The highest BCUT2D eigenvalue weighted by atomic mass is 16.3. The number of benzene rings is 11. The molecular formula is C67H44N2O. The molecular weight excluding hydrogens is 849 g/mol. The Morgan fingerprint density at radius 1 is 0.329 bits per heavy atom. The number of hydrogen-bond donors (Lipinski definition) is 0. The smallest absolute Gasteiger partial charge is 0.143 e. The standard InChI is InChI=1S/C67H44N2O/c1-3-21-45(22-4-1)50-27-7-8-28-52(50)55-30-10-15-37-62(55)68(48-26-19-23-46(43-48)51-32-20-33-57-56-31-11-18-40-65(56)70-66(51)57)49-41-42-54-53-29-9-12-34-58(53)67(61(54)44-49)59-35-13-16-38-63(59)69(47-24-5-2-6-25-47)64-39-17-14-36-60(64)67/h1-44H. The van der Waals surface area contributed by atoms with E-state index in [0.717, 1.165) is 61.4 Å². The highest BCUT2D eigenvalue weighted by Gasteiger charge is 2.52. The van der Waals surface area contributed by atoms with E-state index in [1.54, 1.807) is 0 Å². The molecule has 0 bridgehead atoms. The average Bonchev–Trinajstić information content (AvgIpc) is 3.97. The van der Waals surface area contributed by atoms with Crippen molar-refractivity contribution in [3.63, 3.8) is 0 Å². The van der Waals surface area contributed by atoms with Crippen LogP contribution < -0.4 is 9.80 Å². The summed E-state index contributed by atoms with van der Waals surface area (Å²) in [4.78, 5) is 4.93. The fraction of sp³-hybridized carbons (Fsp3) is 0.0149. The van der Waals surface area contributed by atoms with Crippen molar-refractivity contribution < 1.29 is 4.42 Å². The van der Waals surface area contributed by atoms with Crippen LogP contribution in [0.15, 0.2) is 271 Å². The molecule has 0 amide bonds.